The van der Waals surface area contributed by atoms with Gasteiger partial charge in [-0.25, -0.2) is 4.79 Å². The molecule has 2 amide bonds. The number of nitrogens with one attached hydrogen (secondary N) is 3. The first-order valence-corrected chi connectivity index (χ1v) is 5.07. The zero-order valence-corrected chi connectivity index (χ0v) is 9.47. The zero-order chi connectivity index (χ0) is 13.5. The fourth-order valence-corrected chi connectivity index (χ4v) is 1.38. The van der Waals surface area contributed by atoms with Crippen LogP contribution in [0.15, 0.2) is 18.2 Å². The van der Waals surface area contributed by atoms with Gasteiger partial charge in [-0.15, -0.1) is 0 Å². The number of nitro benzene ring substituents is 1. The van der Waals surface area contributed by atoms with Gasteiger partial charge in [0.2, 0.25) is 0 Å². The van der Waals surface area contributed by atoms with E-state index in [4.69, 9.17) is 11.6 Å². The monoisotopic (exact) mass is 254 g/mol. The van der Waals surface area contributed by atoms with Gasteiger partial charge in [0.1, 0.15) is 11.4 Å². The van der Waals surface area contributed by atoms with E-state index >= 15 is 0 Å². The molecule has 0 heterocycles. The minimum atomic E-state index is -0.649. The number of hydrogen-bond donors (Lipinski definition) is 5. The minimum Gasteiger partial charge on any atom is -0.378 e. The van der Waals surface area contributed by atoms with Crippen LogP contribution in [-0.4, -0.2) is 24.0 Å². The molecule has 0 spiro atoms. The summed E-state index contributed by atoms with van der Waals surface area (Å²) in [5.41, 5.74) is 7.49. The van der Waals surface area contributed by atoms with Crippen LogP contribution < -0.4 is 27.6 Å². The van der Waals surface area contributed by atoms with Crippen molar-refractivity contribution in [3.05, 3.63) is 28.3 Å². The summed E-state index contributed by atoms with van der Waals surface area (Å²) in [6.07, 6.45) is 0. The van der Waals surface area contributed by atoms with Gasteiger partial charge in [-0.1, -0.05) is 6.07 Å². The molecule has 0 atom stereocenters. The lowest BCUT2D eigenvalue weighted by Crippen LogP contribution is -2.33. The molecule has 0 aliphatic rings. The number of hydrogen-bond acceptors (Lipinski definition) is 6. The first kappa shape index (κ1) is 13.5. The summed E-state index contributed by atoms with van der Waals surface area (Å²) in [6, 6.07) is 4.00. The van der Waals surface area contributed by atoms with Crippen LogP contribution in [0.2, 0.25) is 0 Å². The van der Waals surface area contributed by atoms with Crippen LogP contribution in [0.5, 0.6) is 0 Å². The number of nitrogen functional groups attached to an aromatic ring is 1. The molecule has 0 bridgehead atoms. The third-order valence-corrected chi connectivity index (χ3v) is 2.11. The summed E-state index contributed by atoms with van der Waals surface area (Å²) in [4.78, 5) is 20.8. The number of anilines is 2. The molecule has 1 rings (SSSR count). The number of rotatable bonds is 6. The van der Waals surface area contributed by atoms with Gasteiger partial charge in [0, 0.05) is 13.1 Å². The fourth-order valence-electron chi connectivity index (χ4n) is 1.38. The van der Waals surface area contributed by atoms with Gasteiger partial charge in [0.05, 0.1) is 4.92 Å². The first-order chi connectivity index (χ1) is 8.56. The lowest BCUT2D eigenvalue weighted by Gasteiger charge is -2.09. The topological polar surface area (TPSA) is 148 Å². The van der Waals surface area contributed by atoms with E-state index in [1.165, 1.54) is 6.07 Å². The van der Waals surface area contributed by atoms with E-state index in [-0.39, 0.29) is 17.9 Å². The first-order valence-electron chi connectivity index (χ1n) is 5.07. The largest absolute Gasteiger partial charge is 0.378 e. The summed E-state index contributed by atoms with van der Waals surface area (Å²) >= 11 is 0. The maximum atomic E-state index is 10.9. The number of nitro groups is 1. The van der Waals surface area contributed by atoms with Crippen molar-refractivity contribution in [1.29, 1.82) is 0 Å². The number of nitrogens with two attached hydrogens (primary N) is 2. The molecular formula is C9H14N6O3. The Hall–Kier alpha value is -2.55. The molecule has 0 aliphatic carbocycles. The Morgan fingerprint density at radius 1 is 1.33 bits per heavy atom. The number of urea groups is 1. The second-order valence-electron chi connectivity index (χ2n) is 3.32. The van der Waals surface area contributed by atoms with Crippen LogP contribution in [0.4, 0.5) is 21.9 Å². The smallest absolute Gasteiger partial charge is 0.316 e. The van der Waals surface area contributed by atoms with Gasteiger partial charge in [0.15, 0.2) is 0 Å². The zero-order valence-electron chi connectivity index (χ0n) is 9.47. The van der Waals surface area contributed by atoms with Crippen molar-refractivity contribution in [2.45, 2.75) is 0 Å². The Balaban J connectivity index is 2.75. The van der Waals surface area contributed by atoms with Gasteiger partial charge < -0.3 is 21.8 Å². The Morgan fingerprint density at radius 3 is 2.56 bits per heavy atom. The molecule has 0 aromatic heterocycles. The van der Waals surface area contributed by atoms with Crippen molar-refractivity contribution >= 4 is 23.1 Å². The van der Waals surface area contributed by atoms with E-state index in [1.807, 2.05) is 0 Å². The second-order valence-corrected chi connectivity index (χ2v) is 3.32. The number of primary amides is 1. The highest BCUT2D eigenvalue weighted by atomic mass is 16.6. The van der Waals surface area contributed by atoms with Crippen LogP contribution in [0.25, 0.3) is 0 Å². The molecule has 7 N–H and O–H groups in total. The van der Waals surface area contributed by atoms with Crippen LogP contribution in [0.3, 0.4) is 0 Å². The van der Waals surface area contributed by atoms with Crippen LogP contribution >= 0.6 is 0 Å². The van der Waals surface area contributed by atoms with E-state index < -0.39 is 11.0 Å². The molecule has 0 radical (unpaired) electrons. The van der Waals surface area contributed by atoms with Gasteiger partial charge in [-0.05, 0) is 12.1 Å². The summed E-state index contributed by atoms with van der Waals surface area (Å²) in [6.45, 7) is 0.560. The number of hydrazine groups is 1. The number of carbonyl (C=O) groups excluding carboxylic acids is 1. The van der Waals surface area contributed by atoms with Crippen LogP contribution in [-0.2, 0) is 0 Å². The number of para-hydroxylation sites is 1. The predicted octanol–water partition coefficient (Wildman–Crippen LogP) is -0.0394. The molecule has 9 heteroatoms. The predicted molar refractivity (Wildman–Crippen MR) is 67.0 cm³/mol. The number of carbonyl (C=O) groups is 1. The standard InChI is InChI=1S/C9H14N6O3/c10-9(16)13-5-4-12-6-2-1-3-7(14-11)8(6)15(17)18/h1-3,12,14H,4-5,11H2,(H3,10,13,16). The number of amides is 2. The van der Waals surface area contributed by atoms with E-state index in [9.17, 15) is 14.9 Å². The van der Waals surface area contributed by atoms with Crippen molar-refractivity contribution in [2.24, 2.45) is 11.6 Å². The highest BCUT2D eigenvalue weighted by Crippen LogP contribution is 2.31. The van der Waals surface area contributed by atoms with E-state index in [2.05, 4.69) is 16.1 Å². The maximum Gasteiger partial charge on any atom is 0.316 e. The van der Waals surface area contributed by atoms with Crippen molar-refractivity contribution in [3.8, 4) is 0 Å². The van der Waals surface area contributed by atoms with E-state index in [0.717, 1.165) is 0 Å². The Morgan fingerprint density at radius 2 is 2.00 bits per heavy atom. The SMILES string of the molecule is NNc1cccc(NCCNC(N)=O)c1[N+](=O)[O-]. The van der Waals surface area contributed by atoms with Crippen molar-refractivity contribution in [1.82, 2.24) is 5.32 Å². The molecule has 0 aliphatic heterocycles. The molecule has 1 aromatic carbocycles. The molecule has 0 saturated carbocycles. The van der Waals surface area contributed by atoms with Crippen molar-refractivity contribution in [2.75, 3.05) is 23.8 Å². The highest BCUT2D eigenvalue weighted by Gasteiger charge is 2.18. The maximum absolute atomic E-state index is 10.9. The molecule has 0 fully saturated rings. The molecule has 0 saturated heterocycles. The molecule has 1 aromatic rings. The lowest BCUT2D eigenvalue weighted by atomic mass is 10.2. The highest BCUT2D eigenvalue weighted by molar-refractivity contribution is 5.76. The Labute approximate surface area is 103 Å². The summed E-state index contributed by atoms with van der Waals surface area (Å²) in [5.74, 6) is 5.20. The fraction of sp³-hybridized carbons (Fsp3) is 0.222. The quantitative estimate of drug-likeness (QED) is 0.208. The average Bonchev–Trinajstić information content (AvgIpc) is 2.33. The second kappa shape index (κ2) is 6.25. The molecular weight excluding hydrogens is 240 g/mol. The van der Waals surface area contributed by atoms with Gasteiger partial charge in [-0.2, -0.15) is 0 Å². The third-order valence-electron chi connectivity index (χ3n) is 2.11. The normalized spacial score (nSPS) is 9.61. The van der Waals surface area contributed by atoms with Crippen molar-refractivity contribution in [3.63, 3.8) is 0 Å². The average molecular weight is 254 g/mol. The Kier molecular flexibility index (Phi) is 4.69. The summed E-state index contributed by atoms with van der Waals surface area (Å²) in [5, 5.41) is 16.1. The van der Waals surface area contributed by atoms with Crippen LogP contribution in [0, 0.1) is 10.1 Å². The van der Waals surface area contributed by atoms with E-state index in [1.54, 1.807) is 12.1 Å². The van der Waals surface area contributed by atoms with Crippen LogP contribution in [0.1, 0.15) is 0 Å². The summed E-state index contributed by atoms with van der Waals surface area (Å²) < 4.78 is 0. The van der Waals surface area contributed by atoms with Gasteiger partial charge in [0.25, 0.3) is 0 Å². The molecule has 9 nitrogen and oxygen atoms in total. The lowest BCUT2D eigenvalue weighted by molar-refractivity contribution is -0.383. The minimum absolute atomic E-state index is 0.154. The van der Waals surface area contributed by atoms with Crippen molar-refractivity contribution < 1.29 is 9.72 Å². The number of benzene rings is 1. The van der Waals surface area contributed by atoms with Gasteiger partial charge >= 0.3 is 11.7 Å². The number of nitrogens with zero attached hydrogens (tertiary/aromatic N) is 1. The molecule has 98 valence electrons. The van der Waals surface area contributed by atoms with Gasteiger partial charge in [-0.3, -0.25) is 16.0 Å². The Bertz CT molecular complexity index is 450. The summed E-state index contributed by atoms with van der Waals surface area (Å²) in [7, 11) is 0. The molecule has 0 unspecified atom stereocenters. The third kappa shape index (κ3) is 3.49. The molecule has 18 heavy (non-hydrogen) atoms. The van der Waals surface area contributed by atoms with E-state index in [0.29, 0.717) is 12.2 Å².